The lowest BCUT2D eigenvalue weighted by molar-refractivity contribution is 0.190. The van der Waals surface area contributed by atoms with Crippen molar-refractivity contribution < 1.29 is 4.74 Å². The maximum Gasteiger partial charge on any atom is 0.317 e. The lowest BCUT2D eigenvalue weighted by Crippen LogP contribution is -2.32. The maximum absolute atomic E-state index is 6.16. The van der Waals surface area contributed by atoms with Crippen LogP contribution in [0.1, 0.15) is 24.7 Å². The van der Waals surface area contributed by atoms with Gasteiger partial charge in [-0.3, -0.25) is 9.55 Å². The fourth-order valence-electron chi connectivity index (χ4n) is 6.48. The number of halogens is 2. The molecule has 0 aliphatic carbocycles. The van der Waals surface area contributed by atoms with Gasteiger partial charge in [0.15, 0.2) is 11.9 Å². The van der Waals surface area contributed by atoms with Crippen LogP contribution in [0.5, 0.6) is 6.01 Å². The van der Waals surface area contributed by atoms with E-state index < -0.39 is 13.4 Å². The van der Waals surface area contributed by atoms with E-state index in [9.17, 15) is 0 Å². The molecule has 0 saturated heterocycles. The van der Waals surface area contributed by atoms with Gasteiger partial charge in [-0.15, -0.1) is 35.1 Å². The van der Waals surface area contributed by atoms with Gasteiger partial charge in [0, 0.05) is 35.1 Å². The van der Waals surface area contributed by atoms with Crippen molar-refractivity contribution in [3.05, 3.63) is 186 Å². The molecule has 1 unspecified atom stereocenters. The van der Waals surface area contributed by atoms with E-state index in [4.69, 9.17) is 33.0 Å². The monoisotopic (exact) mass is 837 g/mol. The van der Waals surface area contributed by atoms with Crippen LogP contribution in [-0.2, 0) is 13.2 Å². The minimum absolute atomic E-state index is 0.355. The van der Waals surface area contributed by atoms with Crippen molar-refractivity contribution in [3.63, 3.8) is 0 Å². The number of rotatable bonds is 11. The minimum Gasteiger partial charge on any atom is -0.452 e. The third-order valence-corrected chi connectivity index (χ3v) is 14.1. The zero-order valence-corrected chi connectivity index (χ0v) is 34.3. The second-order valence-electron chi connectivity index (χ2n) is 13.2. The Morgan fingerprint density at radius 1 is 0.593 bits per heavy atom. The Morgan fingerprint density at radius 2 is 1.12 bits per heavy atom. The zero-order chi connectivity index (χ0) is 40.6. The average molecular weight is 839 g/mol. The molecule has 0 radical (unpaired) electrons. The van der Waals surface area contributed by atoms with Gasteiger partial charge in [-0.25, -0.2) is 0 Å². The third-order valence-electron chi connectivity index (χ3n) is 9.35. The Bertz CT molecular complexity index is 2650. The number of hydrogen-bond donors (Lipinski definition) is 0. The quantitative estimate of drug-likeness (QED) is 0.121. The van der Waals surface area contributed by atoms with Crippen LogP contribution in [0.25, 0.3) is 22.8 Å². The normalized spacial score (nSPS) is 11.7. The van der Waals surface area contributed by atoms with E-state index >= 15 is 0 Å². The van der Waals surface area contributed by atoms with Gasteiger partial charge < -0.3 is 4.74 Å². The highest BCUT2D eigenvalue weighted by atomic mass is 35.5. The number of hydrogen-bond acceptors (Lipinski definition) is 10. The SMILES string of the molecule is CC(Oc1nnc(-c2ccncc2)n1C)c1nnn(-c2cccc(Cl)c2)n1.Clc1cccc(-n2nnc(C[P+](c3ccccc3)(c3ccccc3)c3ccccc3)n2)c1. The smallest absolute Gasteiger partial charge is 0.317 e. The first kappa shape index (κ1) is 39.2. The summed E-state index contributed by atoms with van der Waals surface area (Å²) in [6.45, 7) is 1.82. The van der Waals surface area contributed by atoms with E-state index in [0.29, 0.717) is 45.4 Å². The van der Waals surface area contributed by atoms with Crippen molar-refractivity contribution in [3.8, 4) is 28.8 Å². The number of aromatic nitrogens is 12. The van der Waals surface area contributed by atoms with Crippen LogP contribution in [-0.4, -0.2) is 60.2 Å². The van der Waals surface area contributed by atoms with Crippen molar-refractivity contribution in [2.45, 2.75) is 19.2 Å². The van der Waals surface area contributed by atoms with Crippen molar-refractivity contribution in [2.24, 2.45) is 7.05 Å². The van der Waals surface area contributed by atoms with Gasteiger partial charge in [-0.05, 0) is 102 Å². The summed E-state index contributed by atoms with van der Waals surface area (Å²) in [7, 11) is -0.240. The first-order valence-electron chi connectivity index (χ1n) is 18.5. The Morgan fingerprint density at radius 3 is 1.66 bits per heavy atom. The molecule has 0 amide bonds. The molecule has 59 heavy (non-hydrogen) atoms. The largest absolute Gasteiger partial charge is 0.452 e. The second-order valence-corrected chi connectivity index (χ2v) is 17.6. The first-order chi connectivity index (χ1) is 28.9. The average Bonchev–Trinajstić information content (AvgIpc) is 4.06. The summed E-state index contributed by atoms with van der Waals surface area (Å²) in [5, 5.41) is 39.4. The topological polar surface area (TPSA) is 140 Å². The summed E-state index contributed by atoms with van der Waals surface area (Å²) in [4.78, 5) is 6.96. The highest BCUT2D eigenvalue weighted by Crippen LogP contribution is 2.57. The van der Waals surface area contributed by atoms with E-state index in [1.807, 2.05) is 62.5 Å². The van der Waals surface area contributed by atoms with Crippen LogP contribution in [0, 0.1) is 0 Å². The highest BCUT2D eigenvalue weighted by molar-refractivity contribution is 7.95. The van der Waals surface area contributed by atoms with Crippen molar-refractivity contribution >= 4 is 46.4 Å². The summed E-state index contributed by atoms with van der Waals surface area (Å²) in [6, 6.07) is 50.8. The molecule has 16 heteroatoms. The molecule has 0 fully saturated rings. The molecule has 9 aromatic rings. The fraction of sp³-hybridized carbons (Fsp3) is 0.0930. The van der Waals surface area contributed by atoms with E-state index in [2.05, 4.69) is 132 Å². The van der Waals surface area contributed by atoms with E-state index in [-0.39, 0.29) is 0 Å². The third kappa shape index (κ3) is 8.78. The number of tetrazole rings is 2. The Kier molecular flexibility index (Phi) is 11.9. The van der Waals surface area contributed by atoms with Crippen molar-refractivity contribution in [1.82, 2.24) is 60.2 Å². The molecule has 0 aliphatic heterocycles. The van der Waals surface area contributed by atoms with E-state index in [1.54, 1.807) is 33.9 Å². The zero-order valence-electron chi connectivity index (χ0n) is 31.9. The standard InChI is InChI=1S/C26H21ClN4P.C17H15ClN8O/c27-21-11-10-12-22(19-21)31-29-26(28-30-31)20-32(23-13-4-1-5-14-23,24-15-6-2-7-16-24)25-17-8-3-9-18-25;1-11(15-20-24-26(23-15)14-5-3-4-13(18)10-14)27-17-22-21-16(25(17)2)12-6-8-19-9-7-12/h1-19H,20H2;3-11H,1-2H3/q+1;. The molecular weight excluding hydrogens is 802 g/mol. The summed E-state index contributed by atoms with van der Waals surface area (Å²) in [6.07, 6.45) is 3.60. The van der Waals surface area contributed by atoms with Crippen LogP contribution in [0.2, 0.25) is 10.0 Å². The molecule has 0 saturated carbocycles. The van der Waals surface area contributed by atoms with Crippen LogP contribution in [0.3, 0.4) is 0 Å². The van der Waals surface area contributed by atoms with Gasteiger partial charge in [0.05, 0.1) is 11.4 Å². The summed E-state index contributed by atoms with van der Waals surface area (Å²) < 4.78 is 7.63. The number of nitrogens with zero attached hydrogens (tertiary/aromatic N) is 12. The van der Waals surface area contributed by atoms with Crippen LogP contribution < -0.4 is 20.7 Å². The lowest BCUT2D eigenvalue weighted by atomic mass is 10.2. The van der Waals surface area contributed by atoms with Gasteiger partial charge in [0.2, 0.25) is 11.6 Å². The second kappa shape index (κ2) is 17.9. The molecule has 0 bridgehead atoms. The van der Waals surface area contributed by atoms with Crippen molar-refractivity contribution in [2.75, 3.05) is 0 Å². The molecule has 0 aliphatic rings. The van der Waals surface area contributed by atoms with Gasteiger partial charge in [-0.1, -0.05) is 95.0 Å². The number of benzene rings is 5. The molecule has 0 N–H and O–H groups in total. The van der Waals surface area contributed by atoms with Crippen LogP contribution in [0.15, 0.2) is 164 Å². The highest BCUT2D eigenvalue weighted by Gasteiger charge is 2.46. The molecule has 5 aromatic carbocycles. The van der Waals surface area contributed by atoms with Gasteiger partial charge in [0.1, 0.15) is 29.3 Å². The van der Waals surface area contributed by atoms with E-state index in [1.165, 1.54) is 20.7 Å². The lowest BCUT2D eigenvalue weighted by Gasteiger charge is -2.26. The molecule has 13 nitrogen and oxygen atoms in total. The summed E-state index contributed by atoms with van der Waals surface area (Å²) in [5.41, 5.74) is 2.40. The molecule has 4 aromatic heterocycles. The number of ether oxygens (including phenoxy) is 1. The van der Waals surface area contributed by atoms with Gasteiger partial charge in [0.25, 0.3) is 0 Å². The Balaban J connectivity index is 0.000000167. The summed E-state index contributed by atoms with van der Waals surface area (Å²) >= 11 is 12.2. The first-order valence-corrected chi connectivity index (χ1v) is 21.2. The maximum atomic E-state index is 6.16. The number of pyridine rings is 1. The van der Waals surface area contributed by atoms with Gasteiger partial charge >= 0.3 is 6.01 Å². The van der Waals surface area contributed by atoms with Crippen molar-refractivity contribution in [1.29, 1.82) is 0 Å². The molecule has 292 valence electrons. The molecule has 1 atom stereocenters. The Labute approximate surface area is 350 Å². The van der Waals surface area contributed by atoms with Crippen LogP contribution in [0.4, 0.5) is 0 Å². The van der Waals surface area contributed by atoms with Gasteiger partial charge in [-0.2, -0.15) is 0 Å². The molecule has 0 spiro atoms. The summed E-state index contributed by atoms with van der Waals surface area (Å²) in [5.74, 6) is 1.80. The molecule has 4 heterocycles. The molecule has 9 rings (SSSR count). The van der Waals surface area contributed by atoms with Crippen LogP contribution >= 0.6 is 30.5 Å². The Hall–Kier alpha value is -6.66. The molecular formula is C43H36Cl2N12OP+. The fourth-order valence-corrected chi connectivity index (χ4v) is 10.9. The van der Waals surface area contributed by atoms with E-state index in [0.717, 1.165) is 11.3 Å². The predicted octanol–water partition coefficient (Wildman–Crippen LogP) is 7.46. The predicted molar refractivity (Wildman–Crippen MR) is 230 cm³/mol. The minimum atomic E-state index is -2.07.